The number of rotatable bonds is 9. The predicted octanol–water partition coefficient (Wildman–Crippen LogP) is 3.11. The number of benzene rings is 1. The van der Waals surface area contributed by atoms with E-state index in [1.807, 2.05) is 0 Å². The first-order valence-corrected chi connectivity index (χ1v) is 8.78. The van der Waals surface area contributed by atoms with Crippen molar-refractivity contribution in [3.63, 3.8) is 0 Å². The molecule has 0 bridgehead atoms. The lowest BCUT2D eigenvalue weighted by Gasteiger charge is -2.23. The highest BCUT2D eigenvalue weighted by molar-refractivity contribution is 5.76. The van der Waals surface area contributed by atoms with Gasteiger partial charge < -0.3 is 4.90 Å². The van der Waals surface area contributed by atoms with E-state index in [2.05, 4.69) is 6.92 Å². The van der Waals surface area contributed by atoms with E-state index in [1.54, 1.807) is 17.0 Å². The Morgan fingerprint density at radius 1 is 1.19 bits per heavy atom. The van der Waals surface area contributed by atoms with Gasteiger partial charge in [-0.05, 0) is 24.1 Å². The van der Waals surface area contributed by atoms with Gasteiger partial charge in [0.05, 0.1) is 11.1 Å². The Hall–Kier alpha value is -3.03. The van der Waals surface area contributed by atoms with Crippen LogP contribution in [0.3, 0.4) is 0 Å². The van der Waals surface area contributed by atoms with E-state index in [9.17, 15) is 24.1 Å². The maximum absolute atomic E-state index is 13.1. The number of nitro groups is 1. The van der Waals surface area contributed by atoms with Crippen molar-refractivity contribution >= 4 is 11.6 Å². The van der Waals surface area contributed by atoms with Gasteiger partial charge in [0, 0.05) is 25.2 Å². The highest BCUT2D eigenvalue weighted by Gasteiger charge is 2.17. The molecule has 27 heavy (non-hydrogen) atoms. The molecule has 0 N–H and O–H groups in total. The van der Waals surface area contributed by atoms with E-state index in [0.29, 0.717) is 6.54 Å². The number of unbranched alkanes of at least 4 members (excludes halogenated alkanes) is 2. The van der Waals surface area contributed by atoms with Crippen LogP contribution in [0.2, 0.25) is 0 Å². The third kappa shape index (κ3) is 6.02. The smallest absolute Gasteiger partial charge is 0.285 e. The number of amides is 1. The molecule has 0 aliphatic rings. The number of pyridine rings is 1. The van der Waals surface area contributed by atoms with Gasteiger partial charge in [-0.25, -0.2) is 4.39 Å². The third-order valence-corrected chi connectivity index (χ3v) is 4.16. The zero-order valence-corrected chi connectivity index (χ0v) is 15.1. The van der Waals surface area contributed by atoms with Crippen molar-refractivity contribution in [2.75, 3.05) is 6.54 Å². The topological polar surface area (TPSA) is 85.4 Å². The maximum Gasteiger partial charge on any atom is 0.285 e. The summed E-state index contributed by atoms with van der Waals surface area (Å²) in [4.78, 5) is 36.5. The standard InChI is InChI=1S/C19H22FN3O4/c1-2-3-4-11-21(12-15-5-7-16(20)8-6-15)19(25)14-22-13-17(23(26)27)9-10-18(22)24/h5-10,13H,2-4,11-12,14H2,1H3. The molecular formula is C19H22FN3O4. The molecule has 0 fully saturated rings. The van der Waals surface area contributed by atoms with Crippen LogP contribution in [-0.2, 0) is 17.9 Å². The summed E-state index contributed by atoms with van der Waals surface area (Å²) in [5.41, 5.74) is 0.0374. The number of hydrogen-bond acceptors (Lipinski definition) is 4. The molecule has 0 aliphatic heterocycles. The van der Waals surface area contributed by atoms with E-state index in [1.165, 1.54) is 12.1 Å². The molecule has 0 saturated carbocycles. The molecule has 0 unspecified atom stereocenters. The van der Waals surface area contributed by atoms with E-state index in [0.717, 1.165) is 47.7 Å². The number of halogens is 1. The highest BCUT2D eigenvalue weighted by Crippen LogP contribution is 2.11. The van der Waals surface area contributed by atoms with Crippen LogP contribution in [0.1, 0.15) is 31.7 Å². The minimum absolute atomic E-state index is 0.251. The minimum Gasteiger partial charge on any atom is -0.337 e. The largest absolute Gasteiger partial charge is 0.337 e. The fourth-order valence-corrected chi connectivity index (χ4v) is 2.65. The van der Waals surface area contributed by atoms with E-state index in [4.69, 9.17) is 0 Å². The average Bonchev–Trinajstić information content (AvgIpc) is 2.64. The molecule has 0 atom stereocenters. The zero-order valence-electron chi connectivity index (χ0n) is 15.1. The van der Waals surface area contributed by atoms with E-state index < -0.39 is 10.5 Å². The summed E-state index contributed by atoms with van der Waals surface area (Å²) >= 11 is 0. The summed E-state index contributed by atoms with van der Waals surface area (Å²) in [6.07, 6.45) is 3.81. The molecule has 0 radical (unpaired) electrons. The highest BCUT2D eigenvalue weighted by atomic mass is 19.1. The van der Waals surface area contributed by atoms with Crippen molar-refractivity contribution in [1.29, 1.82) is 0 Å². The lowest BCUT2D eigenvalue weighted by Crippen LogP contribution is -2.36. The zero-order chi connectivity index (χ0) is 19.8. The number of nitrogens with zero attached hydrogens (tertiary/aromatic N) is 3. The summed E-state index contributed by atoms with van der Waals surface area (Å²) < 4.78 is 14.1. The second-order valence-electron chi connectivity index (χ2n) is 6.26. The molecule has 0 aliphatic carbocycles. The fraction of sp³-hybridized carbons (Fsp3) is 0.368. The fourth-order valence-electron chi connectivity index (χ4n) is 2.65. The Balaban J connectivity index is 2.17. The van der Waals surface area contributed by atoms with Crippen LogP contribution in [0.25, 0.3) is 0 Å². The van der Waals surface area contributed by atoms with Crippen LogP contribution in [0, 0.1) is 15.9 Å². The normalized spacial score (nSPS) is 10.6. The molecule has 1 aromatic carbocycles. The Kier molecular flexibility index (Phi) is 7.22. The van der Waals surface area contributed by atoms with Crippen LogP contribution >= 0.6 is 0 Å². The summed E-state index contributed by atoms with van der Waals surface area (Å²) in [5, 5.41) is 10.9. The number of carbonyl (C=O) groups is 1. The average molecular weight is 375 g/mol. The van der Waals surface area contributed by atoms with E-state index >= 15 is 0 Å². The third-order valence-electron chi connectivity index (χ3n) is 4.16. The van der Waals surface area contributed by atoms with Crippen LogP contribution in [0.4, 0.5) is 10.1 Å². The Bertz CT molecular complexity index is 849. The van der Waals surface area contributed by atoms with Crippen molar-refractivity contribution in [1.82, 2.24) is 9.47 Å². The van der Waals surface area contributed by atoms with Gasteiger partial charge in [0.25, 0.3) is 11.2 Å². The number of carbonyl (C=O) groups excluding carboxylic acids is 1. The quantitative estimate of drug-likeness (QED) is 0.383. The summed E-state index contributed by atoms with van der Waals surface area (Å²) in [5.74, 6) is -0.677. The van der Waals surface area contributed by atoms with Crippen molar-refractivity contribution in [3.05, 3.63) is 74.4 Å². The predicted molar refractivity (Wildman–Crippen MR) is 98.7 cm³/mol. The molecule has 7 nitrogen and oxygen atoms in total. The molecule has 0 saturated heterocycles. The molecule has 1 aromatic heterocycles. The molecule has 2 rings (SSSR count). The molecule has 1 amide bonds. The van der Waals surface area contributed by atoms with Gasteiger partial charge >= 0.3 is 0 Å². The molecule has 144 valence electrons. The second-order valence-corrected chi connectivity index (χ2v) is 6.26. The monoisotopic (exact) mass is 375 g/mol. The SMILES string of the molecule is CCCCCN(Cc1ccc(F)cc1)C(=O)Cn1cc([N+](=O)[O-])ccc1=O. The Morgan fingerprint density at radius 3 is 2.52 bits per heavy atom. The Labute approximate surface area is 156 Å². The molecule has 8 heteroatoms. The van der Waals surface area contributed by atoms with Crippen molar-refractivity contribution in [3.8, 4) is 0 Å². The van der Waals surface area contributed by atoms with Gasteiger partial charge in [-0.15, -0.1) is 0 Å². The number of aromatic nitrogens is 1. The van der Waals surface area contributed by atoms with E-state index in [-0.39, 0.29) is 30.5 Å². The van der Waals surface area contributed by atoms with Crippen LogP contribution < -0.4 is 5.56 Å². The minimum atomic E-state index is -0.613. The summed E-state index contributed by atoms with van der Waals surface area (Å²) in [6.45, 7) is 2.54. The van der Waals surface area contributed by atoms with Crippen LogP contribution in [0.5, 0.6) is 0 Å². The van der Waals surface area contributed by atoms with Gasteiger partial charge in [-0.2, -0.15) is 0 Å². The van der Waals surface area contributed by atoms with Gasteiger partial charge in [-0.1, -0.05) is 31.9 Å². The van der Waals surface area contributed by atoms with Gasteiger partial charge in [0.2, 0.25) is 5.91 Å². The van der Waals surface area contributed by atoms with Crippen molar-refractivity contribution < 1.29 is 14.1 Å². The van der Waals surface area contributed by atoms with Gasteiger partial charge in [-0.3, -0.25) is 24.3 Å². The van der Waals surface area contributed by atoms with Crippen LogP contribution in [0.15, 0.2) is 47.4 Å². The first-order chi connectivity index (χ1) is 12.9. The number of hydrogen-bond donors (Lipinski definition) is 0. The first kappa shape index (κ1) is 20.3. The first-order valence-electron chi connectivity index (χ1n) is 8.78. The molecular weight excluding hydrogens is 353 g/mol. The molecule has 0 spiro atoms. The molecule has 2 aromatic rings. The van der Waals surface area contributed by atoms with Crippen molar-refractivity contribution in [2.45, 2.75) is 39.3 Å². The lowest BCUT2D eigenvalue weighted by atomic mass is 10.2. The van der Waals surface area contributed by atoms with Gasteiger partial charge in [0.1, 0.15) is 12.4 Å². The summed E-state index contributed by atoms with van der Waals surface area (Å²) in [6, 6.07) is 8.06. The Morgan fingerprint density at radius 2 is 1.89 bits per heavy atom. The van der Waals surface area contributed by atoms with Gasteiger partial charge in [0.15, 0.2) is 0 Å². The summed E-state index contributed by atoms with van der Waals surface area (Å²) in [7, 11) is 0. The molecule has 1 heterocycles. The van der Waals surface area contributed by atoms with Crippen LogP contribution in [-0.4, -0.2) is 26.8 Å². The van der Waals surface area contributed by atoms with Crippen molar-refractivity contribution in [2.24, 2.45) is 0 Å². The lowest BCUT2D eigenvalue weighted by molar-refractivity contribution is -0.385. The maximum atomic E-state index is 13.1. The second kappa shape index (κ2) is 9.61.